The molecule has 2 N–H and O–H groups in total. The Hall–Kier alpha value is -3.00. The van der Waals surface area contributed by atoms with Gasteiger partial charge in [-0.3, -0.25) is 9.89 Å². The maximum atomic E-state index is 13.8. The van der Waals surface area contributed by atoms with Crippen LogP contribution >= 0.6 is 11.6 Å². The lowest BCUT2D eigenvalue weighted by Gasteiger charge is -1.96. The predicted octanol–water partition coefficient (Wildman–Crippen LogP) is 2.85. The minimum absolute atomic E-state index is 0.189. The number of halogens is 2. The van der Waals surface area contributed by atoms with Gasteiger partial charge in [-0.05, 0) is 25.1 Å². The molecule has 128 valence electrons. The van der Waals surface area contributed by atoms with Crippen molar-refractivity contribution in [2.24, 2.45) is 5.10 Å². The lowest BCUT2D eigenvalue weighted by Crippen LogP contribution is -2.18. The zero-order valence-electron chi connectivity index (χ0n) is 13.2. The van der Waals surface area contributed by atoms with Crippen molar-refractivity contribution in [1.29, 1.82) is 0 Å². The molecule has 0 spiro atoms. The van der Waals surface area contributed by atoms with Crippen LogP contribution in [0, 0.1) is 5.95 Å². The van der Waals surface area contributed by atoms with E-state index in [1.165, 1.54) is 17.1 Å². The van der Waals surface area contributed by atoms with Gasteiger partial charge in [-0.2, -0.15) is 19.7 Å². The summed E-state index contributed by atoms with van der Waals surface area (Å²) in [6.45, 7) is 2.18. The van der Waals surface area contributed by atoms with Gasteiger partial charge in [0.2, 0.25) is 5.95 Å². The van der Waals surface area contributed by atoms with Crippen LogP contribution in [0.25, 0.3) is 11.3 Å². The van der Waals surface area contributed by atoms with Crippen LogP contribution in [-0.2, 0) is 6.54 Å². The molecule has 1 amide bonds. The van der Waals surface area contributed by atoms with E-state index in [1.807, 2.05) is 0 Å². The number of benzene rings is 1. The summed E-state index contributed by atoms with van der Waals surface area (Å²) in [5.41, 5.74) is 4.14. The molecule has 0 bridgehead atoms. The van der Waals surface area contributed by atoms with Crippen LogP contribution in [0.3, 0.4) is 0 Å². The van der Waals surface area contributed by atoms with E-state index in [2.05, 4.69) is 25.8 Å². The number of hydrazone groups is 1. The first-order chi connectivity index (χ1) is 12.1. The molecular formula is C16H14ClFN6O. The minimum atomic E-state index is -0.507. The van der Waals surface area contributed by atoms with E-state index in [1.54, 1.807) is 37.3 Å². The second-order valence-electron chi connectivity index (χ2n) is 5.08. The number of aromatic amines is 1. The Balaban J connectivity index is 1.66. The first-order valence-corrected chi connectivity index (χ1v) is 7.82. The Kier molecular flexibility index (Phi) is 4.90. The molecule has 1 aromatic carbocycles. The average Bonchev–Trinajstić information content (AvgIpc) is 3.23. The van der Waals surface area contributed by atoms with E-state index < -0.39 is 11.9 Å². The van der Waals surface area contributed by atoms with Crippen molar-refractivity contribution < 1.29 is 9.18 Å². The molecule has 0 atom stereocenters. The monoisotopic (exact) mass is 360 g/mol. The number of nitrogens with one attached hydrogen (secondary N) is 2. The second kappa shape index (κ2) is 7.27. The Morgan fingerprint density at radius 3 is 2.88 bits per heavy atom. The lowest BCUT2D eigenvalue weighted by molar-refractivity contribution is 0.0950. The van der Waals surface area contributed by atoms with Crippen LogP contribution in [0.4, 0.5) is 4.39 Å². The molecule has 2 aromatic heterocycles. The molecule has 0 aliphatic heterocycles. The second-order valence-corrected chi connectivity index (χ2v) is 5.52. The number of carbonyl (C=O) groups excluding carboxylic acids is 1. The van der Waals surface area contributed by atoms with E-state index in [0.29, 0.717) is 17.3 Å². The largest absolute Gasteiger partial charge is 0.289 e. The molecule has 9 heteroatoms. The van der Waals surface area contributed by atoms with E-state index in [-0.39, 0.29) is 11.3 Å². The van der Waals surface area contributed by atoms with Crippen LogP contribution in [0.5, 0.6) is 0 Å². The summed E-state index contributed by atoms with van der Waals surface area (Å²) in [5, 5.41) is 14.9. The van der Waals surface area contributed by atoms with Gasteiger partial charge in [0.05, 0.1) is 23.7 Å². The number of amides is 1. The number of hydrogen-bond acceptors (Lipinski definition) is 4. The topological polar surface area (TPSA) is 88.0 Å². The maximum Gasteiger partial charge on any atom is 0.289 e. The summed E-state index contributed by atoms with van der Waals surface area (Å²) in [6.07, 6.45) is 2.53. The van der Waals surface area contributed by atoms with E-state index >= 15 is 0 Å². The molecule has 7 nitrogen and oxygen atoms in total. The predicted molar refractivity (Wildman–Crippen MR) is 92.0 cm³/mol. The molecule has 25 heavy (non-hydrogen) atoms. The van der Waals surface area contributed by atoms with Crippen molar-refractivity contribution in [3.8, 4) is 11.3 Å². The van der Waals surface area contributed by atoms with Gasteiger partial charge < -0.3 is 0 Å². The zero-order chi connectivity index (χ0) is 17.8. The third-order valence-corrected chi connectivity index (χ3v) is 3.68. The van der Waals surface area contributed by atoms with E-state index in [0.717, 1.165) is 5.56 Å². The molecule has 3 rings (SSSR count). The first-order valence-electron chi connectivity index (χ1n) is 7.44. The van der Waals surface area contributed by atoms with Crippen molar-refractivity contribution in [2.75, 3.05) is 0 Å². The average molecular weight is 361 g/mol. The number of rotatable bonds is 5. The molecule has 0 aliphatic carbocycles. The van der Waals surface area contributed by atoms with Crippen molar-refractivity contribution in [3.63, 3.8) is 0 Å². The fourth-order valence-electron chi connectivity index (χ4n) is 2.12. The Morgan fingerprint density at radius 2 is 2.20 bits per heavy atom. The highest BCUT2D eigenvalue weighted by atomic mass is 35.5. The van der Waals surface area contributed by atoms with Gasteiger partial charge in [-0.15, -0.1) is 0 Å². The number of aryl methyl sites for hydroxylation is 1. The fourth-order valence-corrected chi connectivity index (χ4v) is 2.25. The molecule has 0 radical (unpaired) electrons. The molecule has 0 saturated heterocycles. The Labute approximate surface area is 147 Å². The summed E-state index contributed by atoms with van der Waals surface area (Å²) in [4.78, 5) is 12.0. The Morgan fingerprint density at radius 1 is 1.44 bits per heavy atom. The summed E-state index contributed by atoms with van der Waals surface area (Å²) in [7, 11) is 0. The van der Waals surface area contributed by atoms with Gasteiger partial charge >= 0.3 is 0 Å². The number of aromatic nitrogens is 4. The third kappa shape index (κ3) is 3.74. The Bertz CT molecular complexity index is 915. The molecule has 0 unspecified atom stereocenters. The molecule has 0 saturated carbocycles. The van der Waals surface area contributed by atoms with Crippen molar-refractivity contribution in [2.45, 2.75) is 13.5 Å². The summed E-state index contributed by atoms with van der Waals surface area (Å²) in [5.74, 6) is -1.00. The van der Waals surface area contributed by atoms with Crippen LogP contribution in [-0.4, -0.2) is 32.1 Å². The first kappa shape index (κ1) is 16.8. The highest BCUT2D eigenvalue weighted by Crippen LogP contribution is 2.20. The van der Waals surface area contributed by atoms with Crippen molar-refractivity contribution in [3.05, 3.63) is 58.8 Å². The molecule has 0 aliphatic rings. The number of hydrogen-bond donors (Lipinski definition) is 2. The molecule has 0 fully saturated rings. The fraction of sp³-hybridized carbons (Fsp3) is 0.125. The molecular weight excluding hydrogens is 347 g/mol. The highest BCUT2D eigenvalue weighted by molar-refractivity contribution is 6.30. The van der Waals surface area contributed by atoms with Crippen LogP contribution in [0.15, 0.2) is 41.6 Å². The van der Waals surface area contributed by atoms with Crippen molar-refractivity contribution >= 4 is 23.7 Å². The normalized spacial score (nSPS) is 11.2. The minimum Gasteiger partial charge on any atom is -0.272 e. The number of carbonyl (C=O) groups is 1. The van der Waals surface area contributed by atoms with E-state index in [4.69, 9.17) is 11.6 Å². The summed E-state index contributed by atoms with van der Waals surface area (Å²) >= 11 is 5.84. The zero-order valence-corrected chi connectivity index (χ0v) is 14.0. The van der Waals surface area contributed by atoms with Gasteiger partial charge in [-0.1, -0.05) is 23.7 Å². The van der Waals surface area contributed by atoms with Crippen LogP contribution in [0.1, 0.15) is 23.0 Å². The van der Waals surface area contributed by atoms with Crippen LogP contribution < -0.4 is 5.43 Å². The highest BCUT2D eigenvalue weighted by Gasteiger charge is 2.11. The van der Waals surface area contributed by atoms with Gasteiger partial charge in [-0.25, -0.2) is 10.1 Å². The third-order valence-electron chi connectivity index (χ3n) is 3.43. The number of nitrogens with zero attached hydrogens (tertiary/aromatic N) is 4. The van der Waals surface area contributed by atoms with Gasteiger partial charge in [0.1, 0.15) is 5.69 Å². The molecule has 3 aromatic rings. The molecule has 2 heterocycles. The standard InChI is InChI=1S/C16H14ClFN6O/c1-2-24-15(18)11(9-20-24)8-19-23-16(25)14-7-13(21-22-14)10-3-5-12(17)6-4-10/h3-9H,2H2,1H3,(H,21,22)(H,23,25)/b19-8+. The van der Waals surface area contributed by atoms with Gasteiger partial charge in [0, 0.05) is 17.1 Å². The smallest absolute Gasteiger partial charge is 0.272 e. The van der Waals surface area contributed by atoms with Crippen LogP contribution in [0.2, 0.25) is 5.02 Å². The van der Waals surface area contributed by atoms with Gasteiger partial charge in [0.25, 0.3) is 5.91 Å². The lowest BCUT2D eigenvalue weighted by atomic mass is 10.1. The number of H-pyrrole nitrogens is 1. The van der Waals surface area contributed by atoms with Gasteiger partial charge in [0.15, 0.2) is 0 Å². The van der Waals surface area contributed by atoms with E-state index in [9.17, 15) is 9.18 Å². The van der Waals surface area contributed by atoms with Crippen molar-refractivity contribution in [1.82, 2.24) is 25.4 Å². The maximum absolute atomic E-state index is 13.8. The SMILES string of the molecule is CCn1ncc(/C=N/NC(=O)c2cc(-c3ccc(Cl)cc3)n[nH]2)c1F. The quantitative estimate of drug-likeness (QED) is 0.541. The summed E-state index contributed by atoms with van der Waals surface area (Å²) in [6, 6.07) is 8.66. The summed E-state index contributed by atoms with van der Waals surface area (Å²) < 4.78 is 15.0.